The predicted octanol–water partition coefficient (Wildman–Crippen LogP) is 4.96. The van der Waals surface area contributed by atoms with Crippen LogP contribution in [0.25, 0.3) is 0 Å². The summed E-state index contributed by atoms with van der Waals surface area (Å²) in [6.45, 7) is 4.36. The van der Waals surface area contributed by atoms with Crippen LogP contribution in [0.15, 0.2) is 36.9 Å². The van der Waals surface area contributed by atoms with Crippen LogP contribution in [0.2, 0.25) is 0 Å². The van der Waals surface area contributed by atoms with Crippen LogP contribution >= 0.6 is 23.0 Å². The molecule has 170 valence electrons. The summed E-state index contributed by atoms with van der Waals surface area (Å²) < 4.78 is 20.9. The lowest BCUT2D eigenvalue weighted by Crippen LogP contribution is -2.28. The number of hydrogen-bond donors (Lipinski definition) is 0. The van der Waals surface area contributed by atoms with E-state index in [1.807, 2.05) is 0 Å². The maximum atomic E-state index is 12.4. The molecular weight excluding hydrogens is 515 g/mol. The number of carbonyl (C=O) groups is 3. The minimum absolute atomic E-state index is 0.118. The van der Waals surface area contributed by atoms with Gasteiger partial charge in [0.05, 0.1) is 25.0 Å². The highest BCUT2D eigenvalue weighted by Gasteiger charge is 2.31. The second kappa shape index (κ2) is 14.1. The van der Waals surface area contributed by atoms with Gasteiger partial charge >= 0.3 is 17.9 Å². The number of benzene rings is 1. The van der Waals surface area contributed by atoms with E-state index in [4.69, 9.17) is 17.3 Å². The SMILES string of the molecule is C=CC(=O)OCCCCCCOc1ccc(OC(=O)C2CCC(C(=O)OI)CC2)cc1. The Morgan fingerprint density at radius 2 is 1.42 bits per heavy atom. The molecule has 0 heterocycles. The third-order valence-electron chi connectivity index (χ3n) is 5.23. The molecule has 0 saturated heterocycles. The van der Waals surface area contributed by atoms with E-state index in [0.29, 0.717) is 44.6 Å². The van der Waals surface area contributed by atoms with E-state index in [9.17, 15) is 14.4 Å². The average molecular weight is 544 g/mol. The Hall–Kier alpha value is -2.10. The Balaban J connectivity index is 1.60. The lowest BCUT2D eigenvalue weighted by Gasteiger charge is -2.25. The zero-order valence-electron chi connectivity index (χ0n) is 17.6. The Bertz CT molecular complexity index is 724. The van der Waals surface area contributed by atoms with Gasteiger partial charge < -0.3 is 17.3 Å². The van der Waals surface area contributed by atoms with Crippen molar-refractivity contribution in [1.82, 2.24) is 0 Å². The summed E-state index contributed by atoms with van der Waals surface area (Å²) in [4.78, 5) is 34.9. The number of carbonyl (C=O) groups excluding carboxylic acids is 3. The van der Waals surface area contributed by atoms with Crippen molar-refractivity contribution in [1.29, 1.82) is 0 Å². The predicted molar refractivity (Wildman–Crippen MR) is 123 cm³/mol. The van der Waals surface area contributed by atoms with Crippen molar-refractivity contribution in [2.24, 2.45) is 11.8 Å². The quantitative estimate of drug-likeness (QED) is 0.121. The van der Waals surface area contributed by atoms with Gasteiger partial charge in [0.25, 0.3) is 0 Å². The van der Waals surface area contributed by atoms with E-state index in [-0.39, 0.29) is 29.7 Å². The maximum absolute atomic E-state index is 12.4. The molecule has 31 heavy (non-hydrogen) atoms. The first-order chi connectivity index (χ1) is 15.0. The van der Waals surface area contributed by atoms with Crippen LogP contribution in [0, 0.1) is 11.8 Å². The normalized spacial score (nSPS) is 18.0. The molecule has 1 aromatic rings. The summed E-state index contributed by atoms with van der Waals surface area (Å²) >= 11 is 1.60. The van der Waals surface area contributed by atoms with E-state index < -0.39 is 0 Å². The highest BCUT2D eigenvalue weighted by atomic mass is 127. The fourth-order valence-electron chi connectivity index (χ4n) is 3.41. The standard InChI is InChI=1S/C23H29IO7/c1-2-21(25)29-16-6-4-3-5-15-28-19-11-13-20(14-12-19)30-22(26)17-7-9-18(10-8-17)23(27)31-24/h2,11-14,17-18H,1,3-10,15-16H2. The number of unbranched alkanes of at least 4 members (excludes halogenated alkanes) is 3. The molecule has 0 bridgehead atoms. The van der Waals surface area contributed by atoms with Crippen molar-refractivity contribution in [2.75, 3.05) is 13.2 Å². The van der Waals surface area contributed by atoms with Gasteiger partial charge in [0.1, 0.15) is 11.5 Å². The zero-order chi connectivity index (χ0) is 22.5. The zero-order valence-corrected chi connectivity index (χ0v) is 19.7. The van der Waals surface area contributed by atoms with Crippen molar-refractivity contribution in [2.45, 2.75) is 51.4 Å². The molecule has 0 atom stereocenters. The third-order valence-corrected chi connectivity index (χ3v) is 5.66. The second-order valence-corrected chi connectivity index (χ2v) is 7.91. The van der Waals surface area contributed by atoms with Crippen LogP contribution in [0.5, 0.6) is 11.5 Å². The van der Waals surface area contributed by atoms with Crippen LogP contribution in [0.1, 0.15) is 51.4 Å². The Labute approximate surface area is 197 Å². The van der Waals surface area contributed by atoms with Gasteiger partial charge in [0.15, 0.2) is 23.0 Å². The number of esters is 2. The second-order valence-electron chi connectivity index (χ2n) is 7.47. The molecule has 0 aromatic heterocycles. The monoisotopic (exact) mass is 544 g/mol. The summed E-state index contributed by atoms with van der Waals surface area (Å²) in [5.41, 5.74) is 0. The lowest BCUT2D eigenvalue weighted by molar-refractivity contribution is -0.143. The van der Waals surface area contributed by atoms with Crippen LogP contribution < -0.4 is 9.47 Å². The van der Waals surface area contributed by atoms with Gasteiger partial charge in [-0.05, 0) is 75.6 Å². The van der Waals surface area contributed by atoms with Crippen molar-refractivity contribution in [3.8, 4) is 11.5 Å². The average Bonchev–Trinajstić information content (AvgIpc) is 2.81. The van der Waals surface area contributed by atoms with E-state index in [1.54, 1.807) is 47.3 Å². The Morgan fingerprint density at radius 3 is 2.00 bits per heavy atom. The van der Waals surface area contributed by atoms with Gasteiger partial charge in [0.2, 0.25) is 0 Å². The first-order valence-corrected chi connectivity index (χ1v) is 11.5. The molecule has 0 N–H and O–H groups in total. The van der Waals surface area contributed by atoms with E-state index >= 15 is 0 Å². The third kappa shape index (κ3) is 9.28. The van der Waals surface area contributed by atoms with Crippen molar-refractivity contribution in [3.05, 3.63) is 36.9 Å². The molecule has 0 aliphatic heterocycles. The summed E-state index contributed by atoms with van der Waals surface area (Å²) in [6.07, 6.45) is 7.40. The molecule has 7 nitrogen and oxygen atoms in total. The lowest BCUT2D eigenvalue weighted by atomic mass is 9.82. The Morgan fingerprint density at radius 1 is 0.871 bits per heavy atom. The number of ether oxygens (including phenoxy) is 3. The summed E-state index contributed by atoms with van der Waals surface area (Å²) in [5.74, 6) is 0.0494. The molecular formula is C23H29IO7. The minimum atomic E-state index is -0.386. The van der Waals surface area contributed by atoms with Crippen molar-refractivity contribution >= 4 is 40.9 Å². The number of hydrogen-bond acceptors (Lipinski definition) is 7. The van der Waals surface area contributed by atoms with Crippen molar-refractivity contribution in [3.63, 3.8) is 0 Å². The van der Waals surface area contributed by atoms with Crippen LogP contribution in [-0.2, 0) is 22.2 Å². The van der Waals surface area contributed by atoms with E-state index in [1.165, 1.54) is 0 Å². The van der Waals surface area contributed by atoms with Crippen molar-refractivity contribution < 1.29 is 31.7 Å². The highest BCUT2D eigenvalue weighted by molar-refractivity contribution is 14.1. The minimum Gasteiger partial charge on any atom is -0.494 e. The molecule has 1 aliphatic carbocycles. The molecule has 1 saturated carbocycles. The molecule has 0 amide bonds. The fourth-order valence-corrected chi connectivity index (χ4v) is 3.77. The molecule has 1 fully saturated rings. The molecule has 0 unspecified atom stereocenters. The van der Waals surface area contributed by atoms with Crippen LogP contribution in [-0.4, -0.2) is 31.1 Å². The number of halogens is 1. The largest absolute Gasteiger partial charge is 0.494 e. The summed E-state index contributed by atoms with van der Waals surface area (Å²) in [5, 5.41) is 0. The summed E-state index contributed by atoms with van der Waals surface area (Å²) in [6, 6.07) is 7.01. The first kappa shape index (κ1) is 25.2. The smallest absolute Gasteiger partial charge is 0.330 e. The topological polar surface area (TPSA) is 88.1 Å². The highest BCUT2D eigenvalue weighted by Crippen LogP contribution is 2.31. The summed E-state index contributed by atoms with van der Waals surface area (Å²) in [7, 11) is 0. The van der Waals surface area contributed by atoms with Crippen LogP contribution in [0.3, 0.4) is 0 Å². The van der Waals surface area contributed by atoms with Gasteiger partial charge in [-0.15, -0.1) is 0 Å². The molecule has 2 rings (SSSR count). The fraction of sp³-hybridized carbons (Fsp3) is 0.522. The van der Waals surface area contributed by atoms with Gasteiger partial charge in [-0.25, -0.2) is 4.79 Å². The van der Waals surface area contributed by atoms with E-state index in [0.717, 1.165) is 37.5 Å². The van der Waals surface area contributed by atoms with Crippen LogP contribution in [0.4, 0.5) is 0 Å². The molecule has 0 spiro atoms. The van der Waals surface area contributed by atoms with Gasteiger partial charge in [0, 0.05) is 6.08 Å². The molecule has 1 aliphatic rings. The number of rotatable bonds is 12. The molecule has 8 heteroatoms. The van der Waals surface area contributed by atoms with Gasteiger partial charge in [-0.2, -0.15) is 0 Å². The first-order valence-electron chi connectivity index (χ1n) is 10.6. The van der Waals surface area contributed by atoms with Gasteiger partial charge in [-0.3, -0.25) is 9.59 Å². The molecule has 1 aromatic carbocycles. The maximum Gasteiger partial charge on any atom is 0.330 e. The molecule has 0 radical (unpaired) electrons. The Kier molecular flexibility index (Phi) is 11.4. The van der Waals surface area contributed by atoms with Gasteiger partial charge in [-0.1, -0.05) is 6.58 Å². The van der Waals surface area contributed by atoms with E-state index in [2.05, 4.69) is 6.58 Å².